The molecule has 0 amide bonds. The molecule has 11 nitrogen and oxygen atoms in total. The van der Waals surface area contributed by atoms with Gasteiger partial charge in [0.15, 0.2) is 5.69 Å². The van der Waals surface area contributed by atoms with Crippen molar-refractivity contribution in [3.05, 3.63) is 56.6 Å². The standard InChI is InChI=1S/C15H14N4O7/c1-17(2)10-5-3-9(4-6-10)16-14-12(18(22)23)7-11(26-15(20)21)8-13(14)19(24)25/h3-8,16H,1-2H3,(H,20,21). The molecule has 2 N–H and O–H groups in total. The maximum atomic E-state index is 11.3. The summed E-state index contributed by atoms with van der Waals surface area (Å²) in [4.78, 5) is 33.3. The third-order valence-corrected chi connectivity index (χ3v) is 3.32. The van der Waals surface area contributed by atoms with E-state index in [0.29, 0.717) is 5.69 Å². The first-order valence-corrected chi connectivity index (χ1v) is 7.11. The second-order valence-corrected chi connectivity index (χ2v) is 5.29. The van der Waals surface area contributed by atoms with Gasteiger partial charge in [-0.1, -0.05) is 0 Å². The van der Waals surface area contributed by atoms with Crippen LogP contribution in [0.25, 0.3) is 0 Å². The van der Waals surface area contributed by atoms with Crippen LogP contribution < -0.4 is 15.0 Å². The molecule has 0 saturated carbocycles. The van der Waals surface area contributed by atoms with E-state index < -0.39 is 33.1 Å². The molecule has 26 heavy (non-hydrogen) atoms. The van der Waals surface area contributed by atoms with Gasteiger partial charge in [0.2, 0.25) is 0 Å². The first kappa shape index (κ1) is 18.4. The number of ether oxygens (including phenoxy) is 1. The van der Waals surface area contributed by atoms with Gasteiger partial charge in [-0.25, -0.2) is 4.79 Å². The van der Waals surface area contributed by atoms with Gasteiger partial charge < -0.3 is 20.1 Å². The number of benzene rings is 2. The number of nitrogens with zero attached hydrogens (tertiary/aromatic N) is 3. The lowest BCUT2D eigenvalue weighted by molar-refractivity contribution is -0.392. The third-order valence-electron chi connectivity index (χ3n) is 3.32. The van der Waals surface area contributed by atoms with Crippen molar-refractivity contribution in [1.29, 1.82) is 0 Å². The minimum Gasteiger partial charge on any atom is -0.449 e. The number of nitrogens with one attached hydrogen (secondary N) is 1. The van der Waals surface area contributed by atoms with Crippen LogP contribution in [0, 0.1) is 20.2 Å². The molecule has 0 spiro atoms. The Labute approximate surface area is 146 Å². The molecule has 0 fully saturated rings. The average molecular weight is 362 g/mol. The Bertz CT molecular complexity index is 830. The van der Waals surface area contributed by atoms with Crippen LogP contribution in [-0.4, -0.2) is 35.2 Å². The summed E-state index contributed by atoms with van der Waals surface area (Å²) in [5.74, 6) is -0.524. The van der Waals surface area contributed by atoms with Crippen LogP contribution >= 0.6 is 0 Å². The Balaban J connectivity index is 2.52. The zero-order valence-corrected chi connectivity index (χ0v) is 13.7. The van der Waals surface area contributed by atoms with Gasteiger partial charge in [0.1, 0.15) is 5.75 Å². The van der Waals surface area contributed by atoms with E-state index in [1.807, 2.05) is 19.0 Å². The topological polar surface area (TPSA) is 148 Å². The van der Waals surface area contributed by atoms with Crippen LogP contribution in [-0.2, 0) is 0 Å². The van der Waals surface area contributed by atoms with E-state index in [1.165, 1.54) is 0 Å². The first-order valence-electron chi connectivity index (χ1n) is 7.11. The predicted molar refractivity (Wildman–Crippen MR) is 92.5 cm³/mol. The molecule has 11 heteroatoms. The van der Waals surface area contributed by atoms with Crippen LogP contribution in [0.5, 0.6) is 5.75 Å². The molecule has 0 unspecified atom stereocenters. The Hall–Kier alpha value is -3.89. The Kier molecular flexibility index (Phi) is 5.21. The molecule has 136 valence electrons. The lowest BCUT2D eigenvalue weighted by Crippen LogP contribution is -2.08. The van der Waals surface area contributed by atoms with E-state index >= 15 is 0 Å². The molecule has 0 aliphatic rings. The highest BCUT2D eigenvalue weighted by molar-refractivity contribution is 5.81. The van der Waals surface area contributed by atoms with E-state index in [4.69, 9.17) is 5.11 Å². The van der Waals surface area contributed by atoms with Crippen molar-refractivity contribution in [3.63, 3.8) is 0 Å². The second-order valence-electron chi connectivity index (χ2n) is 5.29. The number of hydrogen-bond acceptors (Lipinski definition) is 8. The summed E-state index contributed by atoms with van der Waals surface area (Å²) in [7, 11) is 3.67. The fraction of sp³-hybridized carbons (Fsp3) is 0.133. The molecular weight excluding hydrogens is 348 g/mol. The van der Waals surface area contributed by atoms with Crippen LogP contribution in [0.2, 0.25) is 0 Å². The molecule has 0 aliphatic heterocycles. The SMILES string of the molecule is CN(C)c1ccc(Nc2c([N+](=O)[O-])cc(OC(=O)O)cc2[N+](=O)[O-])cc1. The molecule has 2 aromatic carbocycles. The summed E-state index contributed by atoms with van der Waals surface area (Å²) in [5, 5.41) is 33.9. The number of rotatable bonds is 6. The molecule has 0 heterocycles. The van der Waals surface area contributed by atoms with Crippen molar-refractivity contribution >= 4 is 34.6 Å². The molecule has 0 saturated heterocycles. The van der Waals surface area contributed by atoms with Crippen LogP contribution in [0.3, 0.4) is 0 Å². The number of nitro groups is 2. The monoisotopic (exact) mass is 362 g/mol. The van der Waals surface area contributed by atoms with E-state index in [1.54, 1.807) is 24.3 Å². The molecule has 0 aromatic heterocycles. The number of carboxylic acid groups (broad SMARTS) is 1. The number of anilines is 3. The van der Waals surface area contributed by atoms with Crippen LogP contribution in [0.4, 0.5) is 33.2 Å². The zero-order valence-electron chi connectivity index (χ0n) is 13.7. The van der Waals surface area contributed by atoms with Gasteiger partial charge >= 0.3 is 17.5 Å². The summed E-state index contributed by atoms with van der Waals surface area (Å²) in [6.07, 6.45) is -1.74. The lowest BCUT2D eigenvalue weighted by atomic mass is 10.2. The minimum atomic E-state index is -1.74. The second kappa shape index (κ2) is 7.34. The third kappa shape index (κ3) is 4.14. The number of hydrogen-bond donors (Lipinski definition) is 2. The molecule has 0 bridgehead atoms. The maximum absolute atomic E-state index is 11.3. The van der Waals surface area contributed by atoms with E-state index in [2.05, 4.69) is 10.1 Å². The molecule has 0 radical (unpaired) electrons. The molecule has 2 rings (SSSR count). The lowest BCUT2D eigenvalue weighted by Gasteiger charge is -2.13. The number of carbonyl (C=O) groups is 1. The van der Waals surface area contributed by atoms with E-state index in [0.717, 1.165) is 17.8 Å². The Morgan fingerprint density at radius 2 is 1.58 bits per heavy atom. The fourth-order valence-electron chi connectivity index (χ4n) is 2.15. The Morgan fingerprint density at radius 3 is 1.96 bits per heavy atom. The van der Waals surface area contributed by atoms with Crippen molar-refractivity contribution in [2.45, 2.75) is 0 Å². The van der Waals surface area contributed by atoms with Crippen molar-refractivity contribution < 1.29 is 24.5 Å². The van der Waals surface area contributed by atoms with Gasteiger partial charge in [-0.15, -0.1) is 0 Å². The Morgan fingerprint density at radius 1 is 1.08 bits per heavy atom. The number of nitro benzene ring substituents is 2. The van der Waals surface area contributed by atoms with Gasteiger partial charge in [0.25, 0.3) is 0 Å². The summed E-state index contributed by atoms with van der Waals surface area (Å²) >= 11 is 0. The highest BCUT2D eigenvalue weighted by Crippen LogP contribution is 2.40. The maximum Gasteiger partial charge on any atom is 0.511 e. The normalized spacial score (nSPS) is 10.1. The van der Waals surface area contributed by atoms with E-state index in [9.17, 15) is 25.0 Å². The molecule has 0 aliphatic carbocycles. The summed E-state index contributed by atoms with van der Waals surface area (Å²) in [5.41, 5.74) is -0.506. The highest BCUT2D eigenvalue weighted by atomic mass is 16.7. The summed E-state index contributed by atoms with van der Waals surface area (Å²) in [6.45, 7) is 0. The van der Waals surface area contributed by atoms with Crippen molar-refractivity contribution in [1.82, 2.24) is 0 Å². The zero-order chi connectivity index (χ0) is 19.4. The smallest absolute Gasteiger partial charge is 0.449 e. The van der Waals surface area contributed by atoms with E-state index in [-0.39, 0.29) is 5.69 Å². The molecular formula is C15H14N4O7. The largest absolute Gasteiger partial charge is 0.511 e. The van der Waals surface area contributed by atoms with Crippen molar-refractivity contribution in [2.24, 2.45) is 0 Å². The van der Waals surface area contributed by atoms with Gasteiger partial charge in [-0.2, -0.15) is 0 Å². The van der Waals surface area contributed by atoms with Crippen molar-refractivity contribution in [2.75, 3.05) is 24.3 Å². The highest BCUT2D eigenvalue weighted by Gasteiger charge is 2.28. The van der Waals surface area contributed by atoms with Crippen molar-refractivity contribution in [3.8, 4) is 5.75 Å². The predicted octanol–water partition coefficient (Wildman–Crippen LogP) is 3.37. The van der Waals surface area contributed by atoms with Gasteiger partial charge in [0, 0.05) is 25.5 Å². The molecule has 0 atom stereocenters. The van der Waals surface area contributed by atoms with Crippen LogP contribution in [0.15, 0.2) is 36.4 Å². The van der Waals surface area contributed by atoms with Crippen LogP contribution in [0.1, 0.15) is 0 Å². The minimum absolute atomic E-state index is 0.379. The van der Waals surface area contributed by atoms with Gasteiger partial charge in [-0.3, -0.25) is 20.2 Å². The quantitative estimate of drug-likeness (QED) is 0.341. The first-order chi connectivity index (χ1) is 12.2. The summed E-state index contributed by atoms with van der Waals surface area (Å²) < 4.78 is 4.32. The average Bonchev–Trinajstić information content (AvgIpc) is 2.55. The fourth-order valence-corrected chi connectivity index (χ4v) is 2.15. The van der Waals surface area contributed by atoms with Gasteiger partial charge in [0.05, 0.1) is 22.0 Å². The van der Waals surface area contributed by atoms with Gasteiger partial charge in [-0.05, 0) is 24.3 Å². The molecule has 2 aromatic rings. The summed E-state index contributed by atoms with van der Waals surface area (Å²) in [6, 6.07) is 8.26.